The first kappa shape index (κ1) is 14.8. The van der Waals surface area contributed by atoms with E-state index in [0.717, 1.165) is 11.3 Å². The molecule has 6 heteroatoms. The molecule has 0 aliphatic heterocycles. The van der Waals surface area contributed by atoms with Crippen molar-refractivity contribution in [1.82, 2.24) is 5.32 Å². The minimum absolute atomic E-state index is 0.0768. The van der Waals surface area contributed by atoms with E-state index in [2.05, 4.69) is 5.32 Å². The van der Waals surface area contributed by atoms with Gasteiger partial charge in [0.1, 0.15) is 18.9 Å². The number of carbonyl (C=O) groups is 2. The summed E-state index contributed by atoms with van der Waals surface area (Å²) in [4.78, 5) is 21.3. The number of alkyl carbamates (subject to hydrolysis) is 1. The van der Waals surface area contributed by atoms with Gasteiger partial charge in [0.2, 0.25) is 0 Å². The van der Waals surface area contributed by atoms with E-state index in [0.29, 0.717) is 0 Å². The van der Waals surface area contributed by atoms with Crippen LogP contribution in [0.1, 0.15) is 19.4 Å². The predicted molar refractivity (Wildman–Crippen MR) is 68.0 cm³/mol. The number of nitrogens with one attached hydrogen (secondary N) is 1. The van der Waals surface area contributed by atoms with Crippen LogP contribution in [0, 0.1) is 0 Å². The number of amides is 1. The second-order valence-corrected chi connectivity index (χ2v) is 4.13. The van der Waals surface area contributed by atoms with Crippen LogP contribution in [-0.4, -0.2) is 29.8 Å². The third-order valence-electron chi connectivity index (χ3n) is 2.05. The van der Waals surface area contributed by atoms with Gasteiger partial charge in [-0.1, -0.05) is 12.1 Å². The molecule has 0 heterocycles. The fourth-order valence-corrected chi connectivity index (χ4v) is 1.28. The van der Waals surface area contributed by atoms with Gasteiger partial charge < -0.3 is 19.9 Å². The highest BCUT2D eigenvalue weighted by atomic mass is 16.5. The number of hydrogen-bond acceptors (Lipinski definition) is 4. The molecule has 0 aliphatic rings. The van der Waals surface area contributed by atoms with Crippen LogP contribution in [0.5, 0.6) is 5.75 Å². The quantitative estimate of drug-likeness (QED) is 0.820. The van der Waals surface area contributed by atoms with Crippen LogP contribution in [-0.2, 0) is 16.1 Å². The molecule has 0 spiro atoms. The summed E-state index contributed by atoms with van der Waals surface area (Å²) in [7, 11) is 0. The fourth-order valence-electron chi connectivity index (χ4n) is 1.28. The molecule has 0 fully saturated rings. The molecule has 2 N–H and O–H groups in total. The van der Waals surface area contributed by atoms with E-state index in [1.165, 1.54) is 0 Å². The molecule has 19 heavy (non-hydrogen) atoms. The molecule has 0 atom stereocenters. The average molecular weight is 267 g/mol. The lowest BCUT2D eigenvalue weighted by molar-refractivity contribution is -0.135. The van der Waals surface area contributed by atoms with Crippen molar-refractivity contribution in [1.29, 1.82) is 0 Å². The van der Waals surface area contributed by atoms with E-state index in [9.17, 15) is 9.59 Å². The van der Waals surface area contributed by atoms with Gasteiger partial charge in [-0.2, -0.15) is 0 Å². The summed E-state index contributed by atoms with van der Waals surface area (Å²) in [6.45, 7) is 3.49. The van der Waals surface area contributed by atoms with Crippen molar-refractivity contribution in [3.05, 3.63) is 29.8 Å². The number of ether oxygens (including phenoxy) is 2. The maximum atomic E-state index is 11.1. The lowest BCUT2D eigenvalue weighted by Crippen LogP contribution is -2.29. The van der Waals surface area contributed by atoms with Gasteiger partial charge in [0, 0.05) is 0 Å². The largest absolute Gasteiger partial charge is 0.491 e. The van der Waals surface area contributed by atoms with Crippen molar-refractivity contribution in [3.8, 4) is 5.75 Å². The molecule has 1 aromatic carbocycles. The molecular weight excluding hydrogens is 250 g/mol. The zero-order valence-corrected chi connectivity index (χ0v) is 10.9. The highest BCUT2D eigenvalue weighted by Crippen LogP contribution is 2.14. The van der Waals surface area contributed by atoms with Gasteiger partial charge in [-0.15, -0.1) is 0 Å². The summed E-state index contributed by atoms with van der Waals surface area (Å²) in [6, 6.07) is 7.13. The fraction of sp³-hybridized carbons (Fsp3) is 0.385. The van der Waals surface area contributed by atoms with Crippen LogP contribution in [0.4, 0.5) is 4.79 Å². The van der Waals surface area contributed by atoms with Gasteiger partial charge in [-0.3, -0.25) is 4.79 Å². The standard InChI is InChI=1S/C13H17NO5/c1-9(2)19-11-5-3-10(4-6-11)8-18-13(17)14-7-12(15)16/h3-6,9H,7-8H2,1-2H3,(H,14,17)(H,15,16). The monoisotopic (exact) mass is 267 g/mol. The maximum absolute atomic E-state index is 11.1. The van der Waals surface area contributed by atoms with Crippen molar-refractivity contribution in [2.75, 3.05) is 6.54 Å². The van der Waals surface area contributed by atoms with Crippen LogP contribution in [0.25, 0.3) is 0 Å². The van der Waals surface area contributed by atoms with E-state index in [-0.39, 0.29) is 12.7 Å². The Balaban J connectivity index is 2.37. The SMILES string of the molecule is CC(C)Oc1ccc(COC(=O)NCC(=O)O)cc1. The zero-order chi connectivity index (χ0) is 14.3. The third kappa shape index (κ3) is 6.30. The Kier molecular flexibility index (Phi) is 5.66. The van der Waals surface area contributed by atoms with Gasteiger partial charge in [0.05, 0.1) is 6.10 Å². The molecule has 0 unspecified atom stereocenters. The lowest BCUT2D eigenvalue weighted by Gasteiger charge is -2.10. The zero-order valence-electron chi connectivity index (χ0n) is 10.9. The molecule has 0 bridgehead atoms. The smallest absolute Gasteiger partial charge is 0.407 e. The summed E-state index contributed by atoms with van der Waals surface area (Å²) in [6.07, 6.45) is -0.659. The molecule has 0 aromatic heterocycles. The molecule has 0 saturated carbocycles. The molecule has 0 aliphatic carbocycles. The molecule has 1 amide bonds. The summed E-state index contributed by atoms with van der Waals surface area (Å²) >= 11 is 0. The number of rotatable bonds is 6. The Labute approximate surface area is 111 Å². The number of carboxylic acids is 1. The van der Waals surface area contributed by atoms with Gasteiger partial charge in [-0.05, 0) is 31.5 Å². The van der Waals surface area contributed by atoms with Gasteiger partial charge in [0.25, 0.3) is 0 Å². The van der Waals surface area contributed by atoms with Gasteiger partial charge in [-0.25, -0.2) is 4.79 Å². The highest BCUT2D eigenvalue weighted by Gasteiger charge is 2.05. The van der Waals surface area contributed by atoms with E-state index < -0.39 is 18.6 Å². The number of carboxylic acid groups (broad SMARTS) is 1. The van der Waals surface area contributed by atoms with Crippen LogP contribution in [0.15, 0.2) is 24.3 Å². The summed E-state index contributed by atoms with van der Waals surface area (Å²) in [5, 5.41) is 10.5. The Morgan fingerprint density at radius 3 is 2.42 bits per heavy atom. The van der Waals surface area contributed by atoms with Crippen molar-refractivity contribution in [2.24, 2.45) is 0 Å². The lowest BCUT2D eigenvalue weighted by atomic mass is 10.2. The van der Waals surface area contributed by atoms with Crippen molar-refractivity contribution in [3.63, 3.8) is 0 Å². The predicted octanol–water partition coefficient (Wildman–Crippen LogP) is 1.78. The third-order valence-corrected chi connectivity index (χ3v) is 2.05. The Bertz CT molecular complexity index is 427. The van der Waals surface area contributed by atoms with Crippen LogP contribution in [0.3, 0.4) is 0 Å². The van der Waals surface area contributed by atoms with E-state index in [1.807, 2.05) is 13.8 Å². The molecule has 104 valence electrons. The van der Waals surface area contributed by atoms with Crippen molar-refractivity contribution < 1.29 is 24.2 Å². The van der Waals surface area contributed by atoms with Crippen LogP contribution >= 0.6 is 0 Å². The Hall–Kier alpha value is -2.24. The Morgan fingerprint density at radius 2 is 1.89 bits per heavy atom. The number of aliphatic carboxylic acids is 1. The Morgan fingerprint density at radius 1 is 1.26 bits per heavy atom. The molecule has 6 nitrogen and oxygen atoms in total. The van der Waals surface area contributed by atoms with E-state index in [4.69, 9.17) is 14.6 Å². The van der Waals surface area contributed by atoms with Gasteiger partial charge >= 0.3 is 12.1 Å². The van der Waals surface area contributed by atoms with Crippen molar-refractivity contribution >= 4 is 12.1 Å². The second kappa shape index (κ2) is 7.25. The van der Waals surface area contributed by atoms with Gasteiger partial charge in [0.15, 0.2) is 0 Å². The first-order valence-electron chi connectivity index (χ1n) is 5.85. The number of hydrogen-bond donors (Lipinski definition) is 2. The molecule has 0 saturated heterocycles. The minimum atomic E-state index is -1.12. The molecular formula is C13H17NO5. The minimum Gasteiger partial charge on any atom is -0.491 e. The summed E-state index contributed by atoms with van der Waals surface area (Å²) < 4.78 is 10.3. The van der Waals surface area contributed by atoms with Crippen LogP contribution in [0.2, 0.25) is 0 Å². The second-order valence-electron chi connectivity index (χ2n) is 4.13. The summed E-state index contributed by atoms with van der Waals surface area (Å²) in [5.41, 5.74) is 0.793. The maximum Gasteiger partial charge on any atom is 0.407 e. The molecule has 0 radical (unpaired) electrons. The molecule has 1 rings (SSSR count). The number of carbonyl (C=O) groups excluding carboxylic acids is 1. The normalized spacial score (nSPS) is 10.1. The van der Waals surface area contributed by atoms with E-state index in [1.54, 1.807) is 24.3 Å². The molecule has 1 aromatic rings. The van der Waals surface area contributed by atoms with Crippen LogP contribution < -0.4 is 10.1 Å². The average Bonchev–Trinajstić information content (AvgIpc) is 2.35. The first-order valence-corrected chi connectivity index (χ1v) is 5.85. The van der Waals surface area contributed by atoms with Crippen molar-refractivity contribution in [2.45, 2.75) is 26.6 Å². The summed E-state index contributed by atoms with van der Waals surface area (Å²) in [5.74, 6) is -0.374. The number of benzene rings is 1. The topological polar surface area (TPSA) is 84.9 Å². The highest BCUT2D eigenvalue weighted by molar-refractivity contribution is 5.76. The first-order chi connectivity index (χ1) is 8.97. The van der Waals surface area contributed by atoms with E-state index >= 15 is 0 Å².